The molecule has 2 heterocycles. The van der Waals surface area contributed by atoms with Crippen molar-refractivity contribution in [3.63, 3.8) is 0 Å². The van der Waals surface area contributed by atoms with Gasteiger partial charge in [-0.1, -0.05) is 0 Å². The molecule has 0 aliphatic rings. The van der Waals surface area contributed by atoms with Gasteiger partial charge in [-0.15, -0.1) is 0 Å². The van der Waals surface area contributed by atoms with E-state index < -0.39 is 0 Å². The van der Waals surface area contributed by atoms with Gasteiger partial charge in [-0.25, -0.2) is 4.52 Å². The molecule has 0 saturated carbocycles. The Kier molecular flexibility index (Phi) is 3.06. The molecule has 0 aliphatic heterocycles. The Hall–Kier alpha value is -2.35. The van der Waals surface area contributed by atoms with E-state index in [1.165, 1.54) is 0 Å². The van der Waals surface area contributed by atoms with Crippen LogP contribution in [0.3, 0.4) is 0 Å². The topological polar surface area (TPSA) is 70.2 Å². The van der Waals surface area contributed by atoms with Crippen LogP contribution < -0.4 is 5.32 Å². The Bertz CT molecular complexity index is 594. The molecule has 1 amide bonds. The van der Waals surface area contributed by atoms with Crippen LogP contribution in [-0.4, -0.2) is 22.6 Å². The number of nitriles is 1. The molecule has 0 atom stereocenters. The molecule has 2 aromatic rings. The molecule has 0 fully saturated rings. The molecule has 2 rings (SSSR count). The van der Waals surface area contributed by atoms with Crippen LogP contribution in [0.5, 0.6) is 0 Å². The van der Waals surface area contributed by atoms with Gasteiger partial charge in [0.25, 0.3) is 5.91 Å². The third-order valence-corrected chi connectivity index (χ3v) is 2.52. The van der Waals surface area contributed by atoms with E-state index in [9.17, 15) is 4.79 Å². The van der Waals surface area contributed by atoms with Gasteiger partial charge in [0.05, 0.1) is 22.8 Å². The van der Waals surface area contributed by atoms with Gasteiger partial charge in [0.15, 0.2) is 0 Å². The fraction of sp³-hybridized carbons (Fsp3) is 0.250. The second-order valence-electron chi connectivity index (χ2n) is 3.62. The number of fused-ring (bicyclic) bond motifs is 1. The number of carbonyl (C=O) groups is 1. The number of hydrogen-bond donors (Lipinski definition) is 1. The molecule has 0 aliphatic carbocycles. The highest BCUT2D eigenvalue weighted by atomic mass is 16.1. The second-order valence-corrected chi connectivity index (χ2v) is 3.62. The Balaban J connectivity index is 2.46. The SMILES string of the molecule is CNC(=O)c1cccn2nc(CCC#N)cc12. The highest BCUT2D eigenvalue weighted by Gasteiger charge is 2.10. The van der Waals surface area contributed by atoms with Gasteiger partial charge in [-0.05, 0) is 18.2 Å². The first-order chi connectivity index (χ1) is 8.26. The van der Waals surface area contributed by atoms with E-state index in [-0.39, 0.29) is 5.91 Å². The van der Waals surface area contributed by atoms with E-state index >= 15 is 0 Å². The molecule has 0 aromatic carbocycles. The lowest BCUT2D eigenvalue weighted by molar-refractivity contribution is 0.0964. The van der Waals surface area contributed by atoms with E-state index in [4.69, 9.17) is 5.26 Å². The lowest BCUT2D eigenvalue weighted by Crippen LogP contribution is -2.18. The van der Waals surface area contributed by atoms with E-state index in [0.717, 1.165) is 11.2 Å². The summed E-state index contributed by atoms with van der Waals surface area (Å²) in [6.45, 7) is 0. The van der Waals surface area contributed by atoms with Crippen molar-refractivity contribution in [3.05, 3.63) is 35.7 Å². The van der Waals surface area contributed by atoms with Gasteiger partial charge >= 0.3 is 0 Å². The summed E-state index contributed by atoms with van der Waals surface area (Å²) in [7, 11) is 1.60. The predicted molar refractivity (Wildman–Crippen MR) is 62.5 cm³/mol. The zero-order chi connectivity index (χ0) is 12.3. The summed E-state index contributed by atoms with van der Waals surface area (Å²) >= 11 is 0. The highest BCUT2D eigenvalue weighted by Crippen LogP contribution is 2.13. The Morgan fingerprint density at radius 2 is 2.47 bits per heavy atom. The number of rotatable bonds is 3. The van der Waals surface area contributed by atoms with Gasteiger partial charge in [0.1, 0.15) is 0 Å². The predicted octanol–water partition coefficient (Wildman–Crippen LogP) is 1.15. The van der Waals surface area contributed by atoms with Crippen LogP contribution in [0.25, 0.3) is 5.52 Å². The molecule has 0 spiro atoms. The second kappa shape index (κ2) is 4.66. The summed E-state index contributed by atoms with van der Waals surface area (Å²) in [5.41, 5.74) is 2.17. The van der Waals surface area contributed by atoms with E-state index in [2.05, 4.69) is 16.5 Å². The molecule has 0 bridgehead atoms. The van der Waals surface area contributed by atoms with E-state index in [1.54, 1.807) is 29.9 Å². The Labute approximate surface area is 98.7 Å². The van der Waals surface area contributed by atoms with E-state index in [0.29, 0.717) is 18.4 Å². The number of hydrogen-bond acceptors (Lipinski definition) is 3. The Morgan fingerprint density at radius 1 is 1.65 bits per heavy atom. The largest absolute Gasteiger partial charge is 0.355 e. The molecule has 1 N–H and O–H groups in total. The molecular weight excluding hydrogens is 216 g/mol. The summed E-state index contributed by atoms with van der Waals surface area (Å²) in [6, 6.07) is 7.46. The monoisotopic (exact) mass is 228 g/mol. The molecular formula is C12H12N4O. The van der Waals surface area contributed by atoms with Crippen molar-refractivity contribution >= 4 is 11.4 Å². The van der Waals surface area contributed by atoms with Crippen LogP contribution in [-0.2, 0) is 6.42 Å². The highest BCUT2D eigenvalue weighted by molar-refractivity contribution is 6.00. The maximum absolute atomic E-state index is 11.6. The summed E-state index contributed by atoms with van der Waals surface area (Å²) in [5.74, 6) is -0.137. The first-order valence-corrected chi connectivity index (χ1v) is 5.32. The van der Waals surface area contributed by atoms with Crippen LogP contribution in [0.1, 0.15) is 22.5 Å². The standard InChI is InChI=1S/C12H12N4O/c1-14-12(17)10-5-3-7-16-11(10)8-9(15-16)4-2-6-13/h3,5,7-8H,2,4H2,1H3,(H,14,17). The average Bonchev–Trinajstić information content (AvgIpc) is 2.77. The number of nitrogens with one attached hydrogen (secondary N) is 1. The fourth-order valence-corrected chi connectivity index (χ4v) is 1.70. The first kappa shape index (κ1) is 11.1. The van der Waals surface area contributed by atoms with Crippen molar-refractivity contribution in [3.8, 4) is 6.07 Å². The molecule has 2 aromatic heterocycles. The molecule has 86 valence electrons. The minimum absolute atomic E-state index is 0.137. The summed E-state index contributed by atoms with van der Waals surface area (Å²) in [4.78, 5) is 11.6. The first-order valence-electron chi connectivity index (χ1n) is 5.32. The van der Waals surface area contributed by atoms with Crippen molar-refractivity contribution in [2.24, 2.45) is 0 Å². The van der Waals surface area contributed by atoms with Gasteiger partial charge in [-0.3, -0.25) is 4.79 Å². The Morgan fingerprint density at radius 3 is 3.18 bits per heavy atom. The van der Waals surface area contributed by atoms with Gasteiger partial charge in [-0.2, -0.15) is 10.4 Å². The normalized spacial score (nSPS) is 10.1. The maximum atomic E-state index is 11.6. The molecule has 5 nitrogen and oxygen atoms in total. The summed E-state index contributed by atoms with van der Waals surface area (Å²) in [5, 5.41) is 15.4. The van der Waals surface area contributed by atoms with Crippen LogP contribution in [0.15, 0.2) is 24.4 Å². The number of carbonyl (C=O) groups excluding carboxylic acids is 1. The third-order valence-electron chi connectivity index (χ3n) is 2.52. The van der Waals surface area contributed by atoms with Gasteiger partial charge < -0.3 is 5.32 Å². The van der Waals surface area contributed by atoms with Gasteiger partial charge in [0, 0.05) is 26.1 Å². The molecule has 0 saturated heterocycles. The molecule has 0 radical (unpaired) electrons. The van der Waals surface area contributed by atoms with Crippen LogP contribution >= 0.6 is 0 Å². The molecule has 5 heteroatoms. The summed E-state index contributed by atoms with van der Waals surface area (Å²) < 4.78 is 1.66. The summed E-state index contributed by atoms with van der Waals surface area (Å²) in [6.07, 6.45) is 2.82. The van der Waals surface area contributed by atoms with Crippen molar-refractivity contribution in [1.82, 2.24) is 14.9 Å². The van der Waals surface area contributed by atoms with E-state index in [1.807, 2.05) is 6.07 Å². The average molecular weight is 228 g/mol. The van der Waals surface area contributed by atoms with Crippen LogP contribution in [0, 0.1) is 11.3 Å². The smallest absolute Gasteiger partial charge is 0.253 e. The van der Waals surface area contributed by atoms with Gasteiger partial charge in [0.2, 0.25) is 0 Å². The lowest BCUT2D eigenvalue weighted by Gasteiger charge is -2.00. The van der Waals surface area contributed by atoms with Crippen molar-refractivity contribution in [2.45, 2.75) is 12.8 Å². The minimum atomic E-state index is -0.137. The van der Waals surface area contributed by atoms with Crippen LogP contribution in [0.2, 0.25) is 0 Å². The van der Waals surface area contributed by atoms with Crippen LogP contribution in [0.4, 0.5) is 0 Å². The zero-order valence-corrected chi connectivity index (χ0v) is 9.47. The quantitative estimate of drug-likeness (QED) is 0.856. The number of amides is 1. The lowest BCUT2D eigenvalue weighted by atomic mass is 10.2. The number of aryl methyl sites for hydroxylation is 1. The number of pyridine rings is 1. The zero-order valence-electron chi connectivity index (χ0n) is 9.47. The maximum Gasteiger partial charge on any atom is 0.253 e. The van der Waals surface area contributed by atoms with Crippen molar-refractivity contribution in [1.29, 1.82) is 5.26 Å². The minimum Gasteiger partial charge on any atom is -0.355 e. The third kappa shape index (κ3) is 2.11. The molecule has 17 heavy (non-hydrogen) atoms. The van der Waals surface area contributed by atoms with Crippen molar-refractivity contribution in [2.75, 3.05) is 7.05 Å². The number of nitrogens with zero attached hydrogens (tertiary/aromatic N) is 3. The van der Waals surface area contributed by atoms with Crippen molar-refractivity contribution < 1.29 is 4.79 Å². The number of aromatic nitrogens is 2. The fourth-order valence-electron chi connectivity index (χ4n) is 1.70. The molecule has 0 unspecified atom stereocenters.